The zero-order valence-corrected chi connectivity index (χ0v) is 19.6. The molecule has 3 aromatic heterocycles. The van der Waals surface area contributed by atoms with Crippen molar-refractivity contribution in [2.45, 2.75) is 69.9 Å². The molecule has 5 rings (SSSR count). The Labute approximate surface area is 190 Å². The van der Waals surface area contributed by atoms with Gasteiger partial charge in [-0.3, -0.25) is 4.79 Å². The Morgan fingerprint density at radius 1 is 1.03 bits per heavy atom. The van der Waals surface area contributed by atoms with Crippen LogP contribution in [0.3, 0.4) is 0 Å². The van der Waals surface area contributed by atoms with Crippen molar-refractivity contribution in [3.05, 3.63) is 51.1 Å². The summed E-state index contributed by atoms with van der Waals surface area (Å²) in [5, 5.41) is 10.8. The van der Waals surface area contributed by atoms with Crippen molar-refractivity contribution in [2.75, 3.05) is 5.75 Å². The summed E-state index contributed by atoms with van der Waals surface area (Å²) in [5.41, 5.74) is 2.14. The number of hydrogen-bond acceptors (Lipinski definition) is 5. The molecule has 0 amide bonds. The minimum Gasteiger partial charge on any atom is -0.268 e. The van der Waals surface area contributed by atoms with Crippen LogP contribution in [0.15, 0.2) is 40.3 Å². The highest BCUT2D eigenvalue weighted by atomic mass is 32.2. The van der Waals surface area contributed by atoms with Crippen LogP contribution >= 0.6 is 23.1 Å². The maximum absolute atomic E-state index is 13.7. The number of hydrogen-bond donors (Lipinski definition) is 0. The van der Waals surface area contributed by atoms with Crippen LogP contribution in [0.1, 0.15) is 62.3 Å². The Hall–Kier alpha value is -2.12. The van der Waals surface area contributed by atoms with Gasteiger partial charge in [-0.05, 0) is 49.8 Å². The molecule has 0 atom stereocenters. The summed E-state index contributed by atoms with van der Waals surface area (Å²) >= 11 is 3.54. The third-order valence-corrected chi connectivity index (χ3v) is 8.37. The predicted octanol–water partition coefficient (Wildman–Crippen LogP) is 6.04. The molecule has 0 fully saturated rings. The number of rotatable bonds is 8. The minimum absolute atomic E-state index is 0.0385. The zero-order valence-electron chi connectivity index (χ0n) is 18.0. The highest BCUT2D eigenvalue weighted by molar-refractivity contribution is 7.99. The fourth-order valence-electron chi connectivity index (χ4n) is 4.49. The standard InChI is InChI=1S/C24H28N4OS2/c1-2-3-4-5-11-16-30-24-26-25-23-27(17-12-7-6-8-13-17)21(29)20-18-14-9-10-15-19(18)31-22(20)28(23)24/h6-8,12-13H,2-5,9-11,14-16H2,1H3. The first kappa shape index (κ1) is 20.8. The maximum atomic E-state index is 13.7. The van der Waals surface area contributed by atoms with Gasteiger partial charge in [-0.25, -0.2) is 8.97 Å². The van der Waals surface area contributed by atoms with Gasteiger partial charge in [0.1, 0.15) is 4.83 Å². The van der Waals surface area contributed by atoms with Crippen molar-refractivity contribution in [1.29, 1.82) is 0 Å². The molecule has 0 aliphatic heterocycles. The fourth-order valence-corrected chi connectivity index (χ4v) is 6.86. The van der Waals surface area contributed by atoms with Crippen molar-refractivity contribution in [1.82, 2.24) is 19.2 Å². The van der Waals surface area contributed by atoms with E-state index in [0.717, 1.165) is 46.1 Å². The predicted molar refractivity (Wildman–Crippen MR) is 130 cm³/mol. The van der Waals surface area contributed by atoms with E-state index in [4.69, 9.17) is 0 Å². The molecule has 0 unspecified atom stereocenters. The third-order valence-electron chi connectivity index (χ3n) is 6.08. The van der Waals surface area contributed by atoms with Crippen LogP contribution in [0, 0.1) is 0 Å². The Kier molecular flexibility index (Phi) is 6.14. The molecule has 5 nitrogen and oxygen atoms in total. The van der Waals surface area contributed by atoms with Crippen LogP contribution in [0.25, 0.3) is 21.7 Å². The van der Waals surface area contributed by atoms with Gasteiger partial charge in [-0.15, -0.1) is 21.5 Å². The lowest BCUT2D eigenvalue weighted by atomic mass is 9.97. The van der Waals surface area contributed by atoms with E-state index in [1.54, 1.807) is 27.7 Å². The lowest BCUT2D eigenvalue weighted by Crippen LogP contribution is -2.22. The Bertz CT molecular complexity index is 1260. The molecule has 7 heteroatoms. The molecular weight excluding hydrogens is 424 g/mol. The average Bonchev–Trinajstić information content (AvgIpc) is 3.39. The number of benzene rings is 1. The van der Waals surface area contributed by atoms with Gasteiger partial charge in [0.05, 0.1) is 11.1 Å². The molecule has 0 saturated heterocycles. The monoisotopic (exact) mass is 452 g/mol. The van der Waals surface area contributed by atoms with Gasteiger partial charge in [0, 0.05) is 10.6 Å². The SMILES string of the molecule is CCCCCCCSc1nnc2n(-c3ccccc3)c(=O)c3c4c(sc3n12)CCCC4. The molecule has 0 N–H and O–H groups in total. The number of unbranched alkanes of at least 4 members (excludes halogenated alkanes) is 4. The maximum Gasteiger partial charge on any atom is 0.268 e. The van der Waals surface area contributed by atoms with Gasteiger partial charge >= 0.3 is 0 Å². The number of fused-ring (bicyclic) bond motifs is 5. The van der Waals surface area contributed by atoms with Gasteiger partial charge < -0.3 is 0 Å². The Balaban J connectivity index is 1.64. The van der Waals surface area contributed by atoms with Crippen LogP contribution < -0.4 is 5.56 Å². The fraction of sp³-hybridized carbons (Fsp3) is 0.458. The minimum atomic E-state index is 0.0385. The zero-order chi connectivity index (χ0) is 21.2. The third kappa shape index (κ3) is 3.82. The second-order valence-electron chi connectivity index (χ2n) is 8.25. The molecule has 162 valence electrons. The number of para-hydroxylation sites is 1. The summed E-state index contributed by atoms with van der Waals surface area (Å²) in [6, 6.07) is 9.85. The molecule has 3 heterocycles. The normalized spacial score (nSPS) is 13.8. The van der Waals surface area contributed by atoms with E-state index in [-0.39, 0.29) is 5.56 Å². The Morgan fingerprint density at radius 3 is 2.68 bits per heavy atom. The quantitative estimate of drug-likeness (QED) is 0.242. The van der Waals surface area contributed by atoms with Crippen LogP contribution in [0.5, 0.6) is 0 Å². The average molecular weight is 453 g/mol. The molecule has 0 radical (unpaired) electrons. The number of aryl methyl sites for hydroxylation is 2. The van der Waals surface area contributed by atoms with E-state index < -0.39 is 0 Å². The van der Waals surface area contributed by atoms with Gasteiger partial charge in [0.25, 0.3) is 5.56 Å². The van der Waals surface area contributed by atoms with Crippen molar-refractivity contribution in [3.63, 3.8) is 0 Å². The lowest BCUT2D eigenvalue weighted by molar-refractivity contribution is 0.659. The lowest BCUT2D eigenvalue weighted by Gasteiger charge is -2.12. The van der Waals surface area contributed by atoms with Crippen LogP contribution in [-0.2, 0) is 12.8 Å². The number of thioether (sulfide) groups is 1. The van der Waals surface area contributed by atoms with Gasteiger partial charge in [-0.2, -0.15) is 0 Å². The summed E-state index contributed by atoms with van der Waals surface area (Å²) in [4.78, 5) is 16.1. The van der Waals surface area contributed by atoms with E-state index in [1.807, 2.05) is 30.3 Å². The number of thiophene rings is 1. The second kappa shape index (κ2) is 9.17. The van der Waals surface area contributed by atoms with Gasteiger partial charge in [-0.1, -0.05) is 62.6 Å². The van der Waals surface area contributed by atoms with Crippen molar-refractivity contribution in [3.8, 4) is 5.69 Å². The van der Waals surface area contributed by atoms with Crippen LogP contribution in [-0.4, -0.2) is 24.9 Å². The highest BCUT2D eigenvalue weighted by Gasteiger charge is 2.25. The van der Waals surface area contributed by atoms with E-state index in [0.29, 0.717) is 5.78 Å². The van der Waals surface area contributed by atoms with Crippen molar-refractivity contribution in [2.24, 2.45) is 0 Å². The van der Waals surface area contributed by atoms with E-state index >= 15 is 0 Å². The molecule has 0 spiro atoms. The first-order chi connectivity index (χ1) is 15.3. The highest BCUT2D eigenvalue weighted by Crippen LogP contribution is 2.36. The molecule has 0 bridgehead atoms. The number of aromatic nitrogens is 4. The smallest absolute Gasteiger partial charge is 0.268 e. The molecule has 4 aromatic rings. The van der Waals surface area contributed by atoms with E-state index in [9.17, 15) is 4.79 Å². The molecule has 1 aliphatic carbocycles. The molecule has 0 saturated carbocycles. The summed E-state index contributed by atoms with van der Waals surface area (Å²) in [5.74, 6) is 1.65. The summed E-state index contributed by atoms with van der Waals surface area (Å²) in [6.07, 6.45) is 10.7. The topological polar surface area (TPSA) is 52.2 Å². The summed E-state index contributed by atoms with van der Waals surface area (Å²) < 4.78 is 3.89. The first-order valence-electron chi connectivity index (χ1n) is 11.4. The van der Waals surface area contributed by atoms with Gasteiger partial charge in [0.15, 0.2) is 5.16 Å². The molecular formula is C24H28N4OS2. The van der Waals surface area contributed by atoms with Crippen LogP contribution in [0.2, 0.25) is 0 Å². The summed E-state index contributed by atoms with van der Waals surface area (Å²) in [7, 11) is 0. The molecule has 31 heavy (non-hydrogen) atoms. The van der Waals surface area contributed by atoms with Crippen molar-refractivity contribution < 1.29 is 0 Å². The largest absolute Gasteiger partial charge is 0.268 e. The second-order valence-corrected chi connectivity index (χ2v) is 10.4. The first-order valence-corrected chi connectivity index (χ1v) is 13.2. The summed E-state index contributed by atoms with van der Waals surface area (Å²) in [6.45, 7) is 2.25. The van der Waals surface area contributed by atoms with E-state index in [2.05, 4.69) is 21.5 Å². The van der Waals surface area contributed by atoms with E-state index in [1.165, 1.54) is 49.0 Å². The van der Waals surface area contributed by atoms with Gasteiger partial charge in [0.2, 0.25) is 5.78 Å². The molecule has 1 aliphatic rings. The number of nitrogens with zero attached hydrogens (tertiary/aromatic N) is 4. The Morgan fingerprint density at radius 2 is 1.84 bits per heavy atom. The molecule has 1 aromatic carbocycles. The van der Waals surface area contributed by atoms with Crippen molar-refractivity contribution >= 4 is 39.1 Å². The van der Waals surface area contributed by atoms with Crippen LogP contribution in [0.4, 0.5) is 0 Å².